The Labute approximate surface area is 291 Å². The van der Waals surface area contributed by atoms with Crippen LogP contribution in [0, 0.1) is 51.2 Å². The van der Waals surface area contributed by atoms with Crippen LogP contribution in [0.25, 0.3) is 5.57 Å². The fourth-order valence-electron chi connectivity index (χ4n) is 13.7. The molecule has 1 aromatic rings. The molecule has 0 unspecified atom stereocenters. The first-order valence-electron chi connectivity index (χ1n) is 19.2. The monoisotopic (exact) mass is 674 g/mol. The second-order valence-corrected chi connectivity index (χ2v) is 20.8. The summed E-state index contributed by atoms with van der Waals surface area (Å²) in [6.45, 7) is 23.3. The van der Waals surface area contributed by atoms with Crippen LogP contribution in [-0.4, -0.2) is 62.8 Å². The van der Waals surface area contributed by atoms with E-state index in [2.05, 4.69) is 76.5 Å². The van der Waals surface area contributed by atoms with E-state index in [1.165, 1.54) is 68.1 Å². The van der Waals surface area contributed by atoms with Crippen LogP contribution in [0.3, 0.4) is 0 Å². The molecule has 9 atom stereocenters. The number of allylic oxidation sites excluding steroid dienone is 3. The summed E-state index contributed by atoms with van der Waals surface area (Å²) in [4.78, 5) is 13.7. The standard InChI is InChI=1S/C42H62N2O3S/c1-29(2)32-14-19-42(43-22-23-44-24-26-48(46,47)27-25-44)21-20-40(6)34(37(32)42)12-13-36-39(5)17-15-33(31-10-8-30(28-45)9-11-31)38(3,4)35(39)16-18-41(36,40)7/h8-11,15,28,32,34-37,43H,1,12-14,16-27H2,2-7H3/t32-,34+,35-,36+,37+,39-,40+,41+,42-/m0/s1. The van der Waals surface area contributed by atoms with Gasteiger partial charge in [0, 0.05) is 37.3 Å². The number of benzene rings is 1. The number of rotatable bonds is 7. The van der Waals surface area contributed by atoms with Crippen molar-refractivity contribution in [2.45, 2.75) is 105 Å². The fourth-order valence-corrected chi connectivity index (χ4v) is 15.0. The van der Waals surface area contributed by atoms with Gasteiger partial charge in [-0.1, -0.05) is 77.1 Å². The van der Waals surface area contributed by atoms with Gasteiger partial charge in [0.2, 0.25) is 0 Å². The Hall–Kier alpha value is -1.76. The van der Waals surface area contributed by atoms with Gasteiger partial charge < -0.3 is 10.2 Å². The maximum atomic E-state index is 12.0. The second-order valence-electron chi connectivity index (χ2n) is 18.5. The predicted molar refractivity (Wildman–Crippen MR) is 198 cm³/mol. The molecule has 264 valence electrons. The van der Waals surface area contributed by atoms with E-state index >= 15 is 0 Å². The summed E-state index contributed by atoms with van der Waals surface area (Å²) in [5.41, 5.74) is 6.02. The van der Waals surface area contributed by atoms with E-state index in [-0.39, 0.29) is 16.4 Å². The number of nitrogens with one attached hydrogen (secondary N) is 1. The number of hydrogen-bond donors (Lipinski definition) is 1. The van der Waals surface area contributed by atoms with Crippen molar-refractivity contribution in [1.82, 2.24) is 10.2 Å². The normalized spacial score (nSPS) is 43.2. The van der Waals surface area contributed by atoms with Crippen LogP contribution in [0.4, 0.5) is 0 Å². The van der Waals surface area contributed by atoms with E-state index < -0.39 is 9.84 Å². The number of aldehydes is 1. The Balaban J connectivity index is 1.15. The Morgan fingerprint density at radius 3 is 2.29 bits per heavy atom. The van der Waals surface area contributed by atoms with Crippen LogP contribution < -0.4 is 5.32 Å². The minimum absolute atomic E-state index is 0.0788. The van der Waals surface area contributed by atoms with Gasteiger partial charge in [-0.25, -0.2) is 8.42 Å². The van der Waals surface area contributed by atoms with E-state index in [0.29, 0.717) is 65.0 Å². The largest absolute Gasteiger partial charge is 0.310 e. The molecule has 1 N–H and O–H groups in total. The molecule has 7 rings (SSSR count). The number of carbonyl (C=O) groups excluding carboxylic acids is 1. The third-order valence-electron chi connectivity index (χ3n) is 16.3. The highest BCUT2D eigenvalue weighted by Gasteiger charge is 2.70. The highest BCUT2D eigenvalue weighted by molar-refractivity contribution is 7.91. The topological polar surface area (TPSA) is 66.5 Å². The third kappa shape index (κ3) is 5.19. The maximum Gasteiger partial charge on any atom is 0.152 e. The molecule has 0 aromatic heterocycles. The van der Waals surface area contributed by atoms with Crippen molar-refractivity contribution in [3.63, 3.8) is 0 Å². The summed E-state index contributed by atoms with van der Waals surface area (Å²) >= 11 is 0. The average Bonchev–Trinajstić information content (AvgIpc) is 3.42. The van der Waals surface area contributed by atoms with Gasteiger partial charge >= 0.3 is 0 Å². The molecule has 1 saturated heterocycles. The van der Waals surface area contributed by atoms with Crippen LogP contribution in [0.1, 0.15) is 115 Å². The molecular weight excluding hydrogens is 613 g/mol. The van der Waals surface area contributed by atoms with Crippen molar-refractivity contribution in [1.29, 1.82) is 0 Å². The molecule has 6 aliphatic rings. The van der Waals surface area contributed by atoms with Gasteiger partial charge in [0.15, 0.2) is 9.84 Å². The van der Waals surface area contributed by atoms with Gasteiger partial charge in [0.1, 0.15) is 6.29 Å². The lowest BCUT2D eigenvalue weighted by molar-refractivity contribution is -0.219. The summed E-state index contributed by atoms with van der Waals surface area (Å²) in [5.74, 6) is 3.87. The summed E-state index contributed by atoms with van der Waals surface area (Å²) in [5, 5.41) is 4.22. The quantitative estimate of drug-likeness (QED) is 0.233. The van der Waals surface area contributed by atoms with E-state index in [1.54, 1.807) is 0 Å². The Morgan fingerprint density at radius 2 is 1.62 bits per heavy atom. The first-order valence-corrected chi connectivity index (χ1v) is 21.0. The van der Waals surface area contributed by atoms with E-state index in [4.69, 9.17) is 0 Å². The molecule has 5 aliphatic carbocycles. The second kappa shape index (κ2) is 11.9. The summed E-state index contributed by atoms with van der Waals surface area (Å²) < 4.78 is 24.0. The minimum Gasteiger partial charge on any atom is -0.310 e. The van der Waals surface area contributed by atoms with Crippen molar-refractivity contribution in [3.8, 4) is 0 Å². The van der Waals surface area contributed by atoms with E-state index in [9.17, 15) is 13.2 Å². The van der Waals surface area contributed by atoms with E-state index in [0.717, 1.165) is 31.4 Å². The lowest BCUT2D eigenvalue weighted by Gasteiger charge is -2.72. The van der Waals surface area contributed by atoms with Crippen LogP contribution in [0.15, 0.2) is 42.5 Å². The molecule has 4 saturated carbocycles. The summed E-state index contributed by atoms with van der Waals surface area (Å²) in [6, 6.07) is 8.29. The van der Waals surface area contributed by atoms with Gasteiger partial charge in [-0.3, -0.25) is 4.79 Å². The molecule has 5 nitrogen and oxygen atoms in total. The average molecular weight is 675 g/mol. The molecule has 6 heteroatoms. The summed E-state index contributed by atoms with van der Waals surface area (Å²) in [6.07, 6.45) is 15.0. The molecule has 1 heterocycles. The van der Waals surface area contributed by atoms with Crippen molar-refractivity contribution in [3.05, 3.63) is 53.6 Å². The molecule has 0 amide bonds. The molecule has 1 aromatic carbocycles. The molecule has 0 bridgehead atoms. The molecule has 5 fully saturated rings. The zero-order valence-corrected chi connectivity index (χ0v) is 31.6. The first-order chi connectivity index (χ1) is 22.6. The third-order valence-corrected chi connectivity index (χ3v) is 18.0. The Kier molecular flexibility index (Phi) is 8.60. The van der Waals surface area contributed by atoms with Gasteiger partial charge in [-0.05, 0) is 127 Å². The van der Waals surface area contributed by atoms with Crippen LogP contribution in [0.2, 0.25) is 0 Å². The van der Waals surface area contributed by atoms with Gasteiger partial charge in [-0.2, -0.15) is 0 Å². The number of carbonyl (C=O) groups is 1. The lowest BCUT2D eigenvalue weighted by atomic mass is 9.33. The molecule has 0 spiro atoms. The SMILES string of the molecule is C=C(C)[C@@H]1CC[C@]2(NCCN3CCS(=O)(=O)CC3)CC[C@]3(C)[C@H](CC[C@@H]4[C@@]5(C)CC=C(c6ccc(C=O)cc6)C(C)(C)[C@@H]5CC[C@]43C)[C@@H]12. The van der Waals surface area contributed by atoms with Gasteiger partial charge in [-0.15, -0.1) is 0 Å². The number of sulfone groups is 1. The molecular formula is C42H62N2O3S. The van der Waals surface area contributed by atoms with Crippen LogP contribution in [0.5, 0.6) is 0 Å². The predicted octanol–water partition coefficient (Wildman–Crippen LogP) is 8.22. The number of nitrogens with zero attached hydrogens (tertiary/aromatic N) is 1. The zero-order valence-electron chi connectivity index (χ0n) is 30.7. The van der Waals surface area contributed by atoms with Crippen molar-refractivity contribution in [2.75, 3.05) is 37.7 Å². The minimum atomic E-state index is -2.85. The Morgan fingerprint density at radius 1 is 0.917 bits per heavy atom. The fraction of sp³-hybridized carbons (Fsp3) is 0.738. The van der Waals surface area contributed by atoms with Crippen molar-refractivity contribution in [2.24, 2.45) is 51.2 Å². The van der Waals surface area contributed by atoms with Crippen molar-refractivity contribution < 1.29 is 13.2 Å². The highest BCUT2D eigenvalue weighted by Crippen LogP contribution is 2.76. The smallest absolute Gasteiger partial charge is 0.152 e. The van der Waals surface area contributed by atoms with Crippen LogP contribution >= 0.6 is 0 Å². The number of fused-ring (bicyclic) bond motifs is 7. The molecule has 48 heavy (non-hydrogen) atoms. The summed E-state index contributed by atoms with van der Waals surface area (Å²) in [7, 11) is -2.85. The Bertz CT molecular complexity index is 1570. The lowest BCUT2D eigenvalue weighted by Crippen LogP contribution is -2.68. The van der Waals surface area contributed by atoms with Gasteiger partial charge in [0.25, 0.3) is 0 Å². The zero-order chi connectivity index (χ0) is 34.3. The molecule has 1 aliphatic heterocycles. The van der Waals surface area contributed by atoms with Crippen molar-refractivity contribution >= 4 is 21.7 Å². The first kappa shape index (κ1) is 34.7. The van der Waals surface area contributed by atoms with E-state index in [1.807, 2.05) is 12.1 Å². The van der Waals surface area contributed by atoms with Gasteiger partial charge in [0.05, 0.1) is 11.5 Å². The maximum absolute atomic E-state index is 12.0. The molecule has 0 radical (unpaired) electrons. The highest BCUT2D eigenvalue weighted by atomic mass is 32.2. The number of hydrogen-bond acceptors (Lipinski definition) is 5. The van der Waals surface area contributed by atoms with Crippen LogP contribution in [-0.2, 0) is 9.84 Å².